The van der Waals surface area contributed by atoms with Crippen LogP contribution in [0, 0.1) is 0 Å². The number of aliphatic hydroxyl groups is 1. The van der Waals surface area contributed by atoms with Gasteiger partial charge in [0.1, 0.15) is 13.2 Å². The van der Waals surface area contributed by atoms with Crippen LogP contribution in [0.5, 0.6) is 0 Å². The normalized spacial score (nSPS) is 14.3. The monoisotopic (exact) mass is 1210 g/mol. The van der Waals surface area contributed by atoms with Crippen molar-refractivity contribution in [2.75, 3.05) is 40.9 Å². The number of hydrogen-bond donors (Lipinski definition) is 3. The summed E-state index contributed by atoms with van der Waals surface area (Å²) in [6.45, 7) is 4.80. The largest absolute Gasteiger partial charge is 0.472 e. The predicted molar refractivity (Wildman–Crippen MR) is 373 cm³/mol. The van der Waals surface area contributed by atoms with Gasteiger partial charge in [0, 0.05) is 6.42 Å². The van der Waals surface area contributed by atoms with E-state index in [9.17, 15) is 19.4 Å². The summed E-state index contributed by atoms with van der Waals surface area (Å²) >= 11 is 0. The van der Waals surface area contributed by atoms with Crippen LogP contribution < -0.4 is 5.32 Å². The Morgan fingerprint density at radius 1 is 0.412 bits per heavy atom. The van der Waals surface area contributed by atoms with E-state index in [1.807, 2.05) is 21.1 Å². The van der Waals surface area contributed by atoms with Crippen molar-refractivity contribution < 1.29 is 32.9 Å². The number of quaternary nitrogens is 1. The summed E-state index contributed by atoms with van der Waals surface area (Å²) in [5.41, 5.74) is 0. The molecule has 0 rings (SSSR count). The number of hydrogen-bond acceptors (Lipinski definition) is 5. The van der Waals surface area contributed by atoms with Crippen molar-refractivity contribution in [1.82, 2.24) is 5.32 Å². The minimum atomic E-state index is -4.34. The fourth-order valence-corrected chi connectivity index (χ4v) is 11.0. The molecule has 0 aromatic rings. The molecule has 3 unspecified atom stereocenters. The van der Waals surface area contributed by atoms with Crippen LogP contribution in [0.3, 0.4) is 0 Å². The molecule has 85 heavy (non-hydrogen) atoms. The van der Waals surface area contributed by atoms with Gasteiger partial charge >= 0.3 is 7.82 Å². The second-order valence-corrected chi connectivity index (χ2v) is 26.7. The van der Waals surface area contributed by atoms with Crippen LogP contribution in [0.15, 0.2) is 109 Å². The molecule has 0 aromatic heterocycles. The smallest absolute Gasteiger partial charge is 0.391 e. The third-order valence-electron chi connectivity index (χ3n) is 15.8. The second kappa shape index (κ2) is 65.6. The minimum Gasteiger partial charge on any atom is -0.391 e. The molecular formula is C76H138N2O6P+. The molecule has 0 aliphatic rings. The Kier molecular flexibility index (Phi) is 63.4. The van der Waals surface area contributed by atoms with E-state index in [-0.39, 0.29) is 19.1 Å². The van der Waals surface area contributed by atoms with Gasteiger partial charge in [-0.1, -0.05) is 335 Å². The molecule has 9 heteroatoms. The maximum absolute atomic E-state index is 13.1. The summed E-state index contributed by atoms with van der Waals surface area (Å²) in [5.74, 6) is -0.148. The fourth-order valence-electron chi connectivity index (χ4n) is 10.3. The number of likely N-dealkylation sites (N-methyl/N-ethyl adjacent to an activating group) is 1. The average molecular weight is 1210 g/mol. The van der Waals surface area contributed by atoms with Gasteiger partial charge in [-0.15, -0.1) is 0 Å². The number of nitrogens with zero attached hydrogens (tertiary/aromatic N) is 1. The van der Waals surface area contributed by atoms with E-state index in [1.54, 1.807) is 0 Å². The zero-order valence-electron chi connectivity index (χ0n) is 56.3. The van der Waals surface area contributed by atoms with Gasteiger partial charge in [-0.05, 0) is 83.5 Å². The standard InChI is InChI=1S/C76H137N2O6P/c1-6-8-10-12-14-16-18-20-22-24-26-28-30-32-33-34-35-36-37-38-39-40-41-42-43-44-45-46-48-50-52-54-56-58-60-62-64-66-68-70-76(80)77-74(73-84-85(81,82)83-72-71-78(3,4)5)75(79)69-67-65-63-61-59-57-55-53-51-49-47-31-29-27-25-23-21-19-17-15-13-11-9-7-2/h8,10,14,16,20,22,26,28,32-33,35-36,38-39,41-42,44-45,74-75,79H,6-7,9,11-13,15,17-19,21,23-25,27,29-31,34,37,40,43,46-73H2,1-5H3,(H-,77,80,81,82)/p+1/b10-8-,16-14-,22-20-,28-26-,33-32-,36-35-,39-38-,42-41-,45-44-. The molecule has 0 fully saturated rings. The molecule has 3 N–H and O–H groups in total. The van der Waals surface area contributed by atoms with Crippen LogP contribution in [-0.4, -0.2) is 73.4 Å². The second-order valence-electron chi connectivity index (χ2n) is 25.2. The van der Waals surface area contributed by atoms with Crippen molar-refractivity contribution in [3.63, 3.8) is 0 Å². The van der Waals surface area contributed by atoms with Crippen molar-refractivity contribution in [2.24, 2.45) is 0 Å². The fraction of sp³-hybridized carbons (Fsp3) is 0.750. The first-order valence-electron chi connectivity index (χ1n) is 35.8. The SMILES string of the molecule is CC/C=C\C/C=C\C/C=C\C/C=C\C/C=C\C/C=C\C/C=C\C/C=C\C/C=C\CCCCCCCCCCCCCC(=O)NC(COP(=O)(O)OCC[N+](C)(C)C)C(O)CCCCCCCCCCCCCCCCCCCCCCCCCC. The van der Waals surface area contributed by atoms with E-state index in [2.05, 4.69) is 129 Å². The molecule has 0 bridgehead atoms. The Morgan fingerprint density at radius 2 is 0.706 bits per heavy atom. The molecule has 8 nitrogen and oxygen atoms in total. The van der Waals surface area contributed by atoms with Gasteiger partial charge in [-0.2, -0.15) is 0 Å². The van der Waals surface area contributed by atoms with E-state index >= 15 is 0 Å². The third kappa shape index (κ3) is 68.5. The number of aliphatic hydroxyl groups excluding tert-OH is 1. The van der Waals surface area contributed by atoms with Gasteiger partial charge in [-0.25, -0.2) is 4.57 Å². The van der Waals surface area contributed by atoms with E-state index in [0.717, 1.165) is 96.3 Å². The van der Waals surface area contributed by atoms with Crippen LogP contribution in [0.4, 0.5) is 0 Å². The summed E-state index contributed by atoms with van der Waals surface area (Å²) in [6.07, 6.45) is 96.1. The molecule has 492 valence electrons. The summed E-state index contributed by atoms with van der Waals surface area (Å²) in [7, 11) is 1.61. The van der Waals surface area contributed by atoms with Crippen LogP contribution >= 0.6 is 7.82 Å². The lowest BCUT2D eigenvalue weighted by molar-refractivity contribution is -0.870. The third-order valence-corrected chi connectivity index (χ3v) is 16.8. The zero-order chi connectivity index (χ0) is 61.9. The van der Waals surface area contributed by atoms with Crippen LogP contribution in [0.25, 0.3) is 0 Å². The summed E-state index contributed by atoms with van der Waals surface area (Å²) in [6, 6.07) is -0.770. The quantitative estimate of drug-likeness (QED) is 0.0243. The molecule has 0 radical (unpaired) electrons. The number of carbonyl (C=O) groups is 1. The number of amides is 1. The Balaban J connectivity index is 4.06. The number of unbranched alkanes of at least 4 members (excludes halogenated alkanes) is 34. The first kappa shape index (κ1) is 82.2. The molecule has 3 atom stereocenters. The molecule has 0 aromatic carbocycles. The van der Waals surface area contributed by atoms with Crippen molar-refractivity contribution in [1.29, 1.82) is 0 Å². The highest BCUT2D eigenvalue weighted by atomic mass is 31.2. The van der Waals surface area contributed by atoms with Gasteiger partial charge in [0.2, 0.25) is 5.91 Å². The van der Waals surface area contributed by atoms with Crippen molar-refractivity contribution >= 4 is 13.7 Å². The lowest BCUT2D eigenvalue weighted by atomic mass is 10.0. The first-order valence-corrected chi connectivity index (χ1v) is 37.2. The summed E-state index contributed by atoms with van der Waals surface area (Å²) < 4.78 is 23.9. The van der Waals surface area contributed by atoms with Crippen molar-refractivity contribution in [3.8, 4) is 0 Å². The molecule has 0 aliphatic carbocycles. The highest BCUT2D eigenvalue weighted by Crippen LogP contribution is 2.43. The molecule has 1 amide bonds. The van der Waals surface area contributed by atoms with E-state index in [4.69, 9.17) is 9.05 Å². The van der Waals surface area contributed by atoms with Crippen molar-refractivity contribution in [3.05, 3.63) is 109 Å². The maximum atomic E-state index is 13.1. The molecule has 0 saturated carbocycles. The Labute approximate surface area is 527 Å². The molecule has 0 heterocycles. The summed E-state index contributed by atoms with van der Waals surface area (Å²) in [4.78, 5) is 23.5. The van der Waals surface area contributed by atoms with E-state index in [1.165, 1.54) is 193 Å². The van der Waals surface area contributed by atoms with E-state index in [0.29, 0.717) is 23.9 Å². The Bertz CT molecular complexity index is 1760. The minimum absolute atomic E-state index is 0.0706. The summed E-state index contributed by atoms with van der Waals surface area (Å²) in [5, 5.41) is 14.1. The van der Waals surface area contributed by atoms with Crippen LogP contribution in [0.1, 0.15) is 316 Å². The molecular weight excluding hydrogens is 1070 g/mol. The topological polar surface area (TPSA) is 105 Å². The van der Waals surface area contributed by atoms with Gasteiger partial charge in [0.15, 0.2) is 0 Å². The molecule has 0 aliphatic heterocycles. The Morgan fingerprint density at radius 3 is 1.04 bits per heavy atom. The number of rotatable bonds is 65. The highest BCUT2D eigenvalue weighted by molar-refractivity contribution is 7.47. The van der Waals surface area contributed by atoms with Crippen molar-refractivity contribution in [2.45, 2.75) is 328 Å². The van der Waals surface area contributed by atoms with Crippen LogP contribution in [-0.2, 0) is 18.4 Å². The molecule has 0 spiro atoms. The lowest BCUT2D eigenvalue weighted by Gasteiger charge is -2.26. The van der Waals surface area contributed by atoms with Gasteiger partial charge < -0.3 is 19.8 Å². The maximum Gasteiger partial charge on any atom is 0.472 e. The lowest BCUT2D eigenvalue weighted by Crippen LogP contribution is -2.46. The number of carbonyl (C=O) groups excluding carboxylic acids is 1. The molecule has 0 saturated heterocycles. The number of phosphoric ester groups is 1. The predicted octanol–water partition coefficient (Wildman–Crippen LogP) is 23.1. The van der Waals surface area contributed by atoms with E-state index < -0.39 is 20.0 Å². The highest BCUT2D eigenvalue weighted by Gasteiger charge is 2.28. The Hall–Kier alpha value is -2.84. The number of nitrogens with one attached hydrogen (secondary N) is 1. The first-order chi connectivity index (χ1) is 41.5. The van der Waals surface area contributed by atoms with Gasteiger partial charge in [-0.3, -0.25) is 13.8 Å². The zero-order valence-corrected chi connectivity index (χ0v) is 57.2. The number of allylic oxidation sites excluding steroid dienone is 18. The van der Waals surface area contributed by atoms with Crippen LogP contribution in [0.2, 0.25) is 0 Å². The average Bonchev–Trinajstić information content (AvgIpc) is 3.49. The number of phosphoric acid groups is 1. The van der Waals surface area contributed by atoms with Gasteiger partial charge in [0.05, 0.1) is 39.9 Å². The van der Waals surface area contributed by atoms with Gasteiger partial charge in [0.25, 0.3) is 0 Å².